The zero-order valence-corrected chi connectivity index (χ0v) is 12.5. The molecule has 4 nitrogen and oxygen atoms in total. The number of rotatable bonds is 7. The maximum atomic E-state index is 12.4. The first-order chi connectivity index (χ1) is 9.54. The number of carbonyl (C=O) groups excluding carboxylic acids is 2. The molecule has 4 heteroatoms. The first-order valence-electron chi connectivity index (χ1n) is 7.04. The van der Waals surface area contributed by atoms with Crippen molar-refractivity contribution in [3.05, 3.63) is 35.9 Å². The summed E-state index contributed by atoms with van der Waals surface area (Å²) in [6.07, 6.45) is 0.235. The largest absolute Gasteiger partial charge is 0.466 e. The van der Waals surface area contributed by atoms with Gasteiger partial charge < -0.3 is 9.64 Å². The molecule has 1 amide bonds. The van der Waals surface area contributed by atoms with Gasteiger partial charge >= 0.3 is 5.97 Å². The van der Waals surface area contributed by atoms with E-state index in [2.05, 4.69) is 13.8 Å². The molecule has 110 valence electrons. The van der Waals surface area contributed by atoms with Gasteiger partial charge in [0, 0.05) is 18.7 Å². The maximum absolute atomic E-state index is 12.4. The Morgan fingerprint density at radius 1 is 1.20 bits per heavy atom. The van der Waals surface area contributed by atoms with Crippen molar-refractivity contribution in [2.75, 3.05) is 19.7 Å². The standard InChI is InChI=1S/C16H23NO3/c1-4-20-15(18)10-11-17(12-13(2)3)16(19)14-8-6-5-7-9-14/h5-9,13H,4,10-12H2,1-3H3. The van der Waals surface area contributed by atoms with E-state index in [1.165, 1.54) is 0 Å². The Kier molecular flexibility index (Phi) is 6.77. The molecule has 0 unspecified atom stereocenters. The zero-order chi connectivity index (χ0) is 15.0. The second-order valence-corrected chi connectivity index (χ2v) is 5.07. The van der Waals surface area contributed by atoms with Gasteiger partial charge in [0.1, 0.15) is 0 Å². The van der Waals surface area contributed by atoms with Gasteiger partial charge in [-0.25, -0.2) is 0 Å². The highest BCUT2D eigenvalue weighted by Gasteiger charge is 2.18. The lowest BCUT2D eigenvalue weighted by molar-refractivity contribution is -0.143. The number of esters is 1. The number of carbonyl (C=O) groups is 2. The predicted molar refractivity (Wildman–Crippen MR) is 78.4 cm³/mol. The van der Waals surface area contributed by atoms with Crippen LogP contribution >= 0.6 is 0 Å². The Labute approximate surface area is 120 Å². The summed E-state index contributed by atoms with van der Waals surface area (Å²) in [5, 5.41) is 0. The fourth-order valence-corrected chi connectivity index (χ4v) is 1.94. The Bertz CT molecular complexity index is 429. The minimum absolute atomic E-state index is 0.0383. The molecule has 0 atom stereocenters. The number of amides is 1. The Hall–Kier alpha value is -1.84. The smallest absolute Gasteiger partial charge is 0.307 e. The number of hydrogen-bond donors (Lipinski definition) is 0. The average Bonchev–Trinajstić information content (AvgIpc) is 2.43. The molecule has 0 aliphatic carbocycles. The third kappa shape index (κ3) is 5.43. The first kappa shape index (κ1) is 16.2. The van der Waals surface area contributed by atoms with Crippen LogP contribution in [0.3, 0.4) is 0 Å². The van der Waals surface area contributed by atoms with Gasteiger partial charge in [0.05, 0.1) is 13.0 Å². The van der Waals surface area contributed by atoms with Gasteiger partial charge in [0.15, 0.2) is 0 Å². The van der Waals surface area contributed by atoms with Crippen LogP contribution in [0.25, 0.3) is 0 Å². The maximum Gasteiger partial charge on any atom is 0.307 e. The molecule has 0 aromatic heterocycles. The molecular weight excluding hydrogens is 254 g/mol. The lowest BCUT2D eigenvalue weighted by Gasteiger charge is -2.24. The molecule has 1 aromatic carbocycles. The Morgan fingerprint density at radius 2 is 1.85 bits per heavy atom. The van der Waals surface area contributed by atoms with Gasteiger partial charge in [0.2, 0.25) is 0 Å². The first-order valence-corrected chi connectivity index (χ1v) is 7.04. The Balaban J connectivity index is 2.69. The molecule has 0 heterocycles. The van der Waals surface area contributed by atoms with Crippen molar-refractivity contribution >= 4 is 11.9 Å². The van der Waals surface area contributed by atoms with E-state index >= 15 is 0 Å². The van der Waals surface area contributed by atoms with Crippen LogP contribution in [0, 0.1) is 5.92 Å². The second-order valence-electron chi connectivity index (χ2n) is 5.07. The molecular formula is C16H23NO3. The van der Waals surface area contributed by atoms with Gasteiger partial charge in [-0.15, -0.1) is 0 Å². The van der Waals surface area contributed by atoms with E-state index in [0.29, 0.717) is 31.2 Å². The van der Waals surface area contributed by atoms with Gasteiger partial charge in [0.25, 0.3) is 5.91 Å². The summed E-state index contributed by atoms with van der Waals surface area (Å²) in [4.78, 5) is 25.6. The average molecular weight is 277 g/mol. The van der Waals surface area contributed by atoms with Crippen molar-refractivity contribution in [1.82, 2.24) is 4.90 Å². The Morgan fingerprint density at radius 3 is 2.40 bits per heavy atom. The minimum Gasteiger partial charge on any atom is -0.466 e. The van der Waals surface area contributed by atoms with Gasteiger partial charge in [-0.2, -0.15) is 0 Å². The molecule has 1 rings (SSSR count). The lowest BCUT2D eigenvalue weighted by Crippen LogP contribution is -2.36. The van der Waals surface area contributed by atoms with E-state index in [9.17, 15) is 9.59 Å². The third-order valence-corrected chi connectivity index (χ3v) is 2.78. The monoisotopic (exact) mass is 277 g/mol. The van der Waals surface area contributed by atoms with E-state index in [1.54, 1.807) is 24.0 Å². The summed E-state index contributed by atoms with van der Waals surface area (Å²) in [6, 6.07) is 9.14. The zero-order valence-electron chi connectivity index (χ0n) is 12.5. The third-order valence-electron chi connectivity index (χ3n) is 2.78. The number of nitrogens with zero attached hydrogens (tertiary/aromatic N) is 1. The summed E-state index contributed by atoms with van der Waals surface area (Å²) in [7, 11) is 0. The van der Waals surface area contributed by atoms with Crippen molar-refractivity contribution in [2.45, 2.75) is 27.2 Å². The van der Waals surface area contributed by atoms with E-state index < -0.39 is 0 Å². The van der Waals surface area contributed by atoms with E-state index in [1.807, 2.05) is 18.2 Å². The normalized spacial score (nSPS) is 10.4. The van der Waals surface area contributed by atoms with Crippen molar-refractivity contribution in [1.29, 1.82) is 0 Å². The minimum atomic E-state index is -0.262. The summed E-state index contributed by atoms with van der Waals surface area (Å²) in [5.74, 6) is 0.0515. The summed E-state index contributed by atoms with van der Waals surface area (Å²) in [6.45, 7) is 7.28. The molecule has 0 N–H and O–H groups in total. The highest BCUT2D eigenvalue weighted by molar-refractivity contribution is 5.94. The molecule has 0 spiro atoms. The van der Waals surface area contributed by atoms with Crippen molar-refractivity contribution in [3.8, 4) is 0 Å². The van der Waals surface area contributed by atoms with Crippen LogP contribution in [0.5, 0.6) is 0 Å². The topological polar surface area (TPSA) is 46.6 Å². The van der Waals surface area contributed by atoms with Crippen molar-refractivity contribution in [2.24, 2.45) is 5.92 Å². The van der Waals surface area contributed by atoms with Crippen LogP contribution in [0.1, 0.15) is 37.6 Å². The molecule has 0 aliphatic rings. The fraction of sp³-hybridized carbons (Fsp3) is 0.500. The van der Waals surface area contributed by atoms with E-state index in [-0.39, 0.29) is 18.3 Å². The quantitative estimate of drug-likeness (QED) is 0.720. The molecule has 0 fully saturated rings. The highest BCUT2D eigenvalue weighted by atomic mass is 16.5. The molecule has 20 heavy (non-hydrogen) atoms. The molecule has 0 saturated carbocycles. The van der Waals surface area contributed by atoms with E-state index in [0.717, 1.165) is 0 Å². The molecule has 0 saturated heterocycles. The second kappa shape index (κ2) is 8.35. The number of ether oxygens (including phenoxy) is 1. The van der Waals surface area contributed by atoms with Crippen LogP contribution in [0.15, 0.2) is 30.3 Å². The lowest BCUT2D eigenvalue weighted by atomic mass is 10.1. The SMILES string of the molecule is CCOC(=O)CCN(CC(C)C)C(=O)c1ccccc1. The van der Waals surface area contributed by atoms with Crippen LogP contribution in [0.4, 0.5) is 0 Å². The van der Waals surface area contributed by atoms with Crippen LogP contribution < -0.4 is 0 Å². The molecule has 0 radical (unpaired) electrons. The molecule has 0 aliphatic heterocycles. The van der Waals surface area contributed by atoms with Gasteiger partial charge in [-0.1, -0.05) is 32.0 Å². The summed E-state index contributed by atoms with van der Waals surface area (Å²) < 4.78 is 4.91. The summed E-state index contributed by atoms with van der Waals surface area (Å²) >= 11 is 0. The van der Waals surface area contributed by atoms with Crippen LogP contribution in [-0.4, -0.2) is 36.5 Å². The van der Waals surface area contributed by atoms with Crippen molar-refractivity contribution < 1.29 is 14.3 Å². The number of hydrogen-bond acceptors (Lipinski definition) is 3. The van der Waals surface area contributed by atoms with Crippen LogP contribution in [-0.2, 0) is 9.53 Å². The highest BCUT2D eigenvalue weighted by Crippen LogP contribution is 2.08. The molecule has 1 aromatic rings. The summed E-state index contributed by atoms with van der Waals surface area (Å²) in [5.41, 5.74) is 0.650. The fourth-order valence-electron chi connectivity index (χ4n) is 1.94. The van der Waals surface area contributed by atoms with Gasteiger partial charge in [-0.3, -0.25) is 9.59 Å². The van der Waals surface area contributed by atoms with Crippen molar-refractivity contribution in [3.63, 3.8) is 0 Å². The molecule has 0 bridgehead atoms. The number of benzene rings is 1. The van der Waals surface area contributed by atoms with Crippen LogP contribution in [0.2, 0.25) is 0 Å². The van der Waals surface area contributed by atoms with E-state index in [4.69, 9.17) is 4.74 Å². The van der Waals surface area contributed by atoms with Gasteiger partial charge in [-0.05, 0) is 25.0 Å². The predicted octanol–water partition coefficient (Wildman–Crippen LogP) is 2.74.